The summed E-state index contributed by atoms with van der Waals surface area (Å²) >= 11 is 0. The van der Waals surface area contributed by atoms with Gasteiger partial charge in [0.2, 0.25) is 0 Å². The van der Waals surface area contributed by atoms with Gasteiger partial charge in [0.25, 0.3) is 0 Å². The van der Waals surface area contributed by atoms with Gasteiger partial charge in [-0.05, 0) is 35.7 Å². The van der Waals surface area contributed by atoms with Gasteiger partial charge in [-0.3, -0.25) is 9.59 Å². The molecule has 5 heteroatoms. The Morgan fingerprint density at radius 2 is 2.04 bits per heavy atom. The largest absolute Gasteiger partial charge is 0.469 e. The number of rotatable bonds is 1. The highest BCUT2D eigenvalue weighted by molar-refractivity contribution is 5.82. The molecular formula is C22H28O5. The number of esters is 2. The molecule has 27 heavy (non-hydrogen) atoms. The van der Waals surface area contributed by atoms with Crippen molar-refractivity contribution in [2.24, 2.45) is 28.6 Å². The van der Waals surface area contributed by atoms with Crippen molar-refractivity contribution >= 4 is 11.9 Å². The molecule has 5 nitrogen and oxygen atoms in total. The predicted octanol–water partition coefficient (Wildman–Crippen LogP) is 3.86. The minimum absolute atomic E-state index is 0.0141. The Labute approximate surface area is 159 Å². The van der Waals surface area contributed by atoms with E-state index in [-0.39, 0.29) is 52.7 Å². The molecule has 0 aromatic carbocycles. The number of ether oxygens (including phenoxy) is 2. The van der Waals surface area contributed by atoms with Crippen LogP contribution >= 0.6 is 0 Å². The van der Waals surface area contributed by atoms with Gasteiger partial charge in [-0.2, -0.15) is 0 Å². The second-order valence-corrected chi connectivity index (χ2v) is 9.97. The molecule has 2 saturated carbocycles. The summed E-state index contributed by atoms with van der Waals surface area (Å²) in [5.41, 5.74) is 0.980. The quantitative estimate of drug-likeness (QED) is 0.701. The highest BCUT2D eigenvalue weighted by Gasteiger charge is 2.69. The van der Waals surface area contributed by atoms with Crippen LogP contribution in [-0.4, -0.2) is 24.1 Å². The summed E-state index contributed by atoms with van der Waals surface area (Å²) in [4.78, 5) is 24.9. The molecule has 1 saturated heterocycles. The SMILES string of the molecule is CC(=O)O[C@H]1[C@@H]2OC(=O)[C@@H]3c4ccoc4C[C@@H]([C@H]23)[C@@]2(C)CCCC(C)(C)[C@H]12. The molecule has 4 aliphatic rings. The lowest BCUT2D eigenvalue weighted by molar-refractivity contribution is -0.218. The maximum absolute atomic E-state index is 12.9. The van der Waals surface area contributed by atoms with E-state index in [9.17, 15) is 9.59 Å². The second kappa shape index (κ2) is 5.39. The highest BCUT2D eigenvalue weighted by atomic mass is 16.6. The molecule has 0 radical (unpaired) electrons. The van der Waals surface area contributed by atoms with Crippen LogP contribution in [0, 0.1) is 28.6 Å². The molecule has 1 aromatic heterocycles. The molecular weight excluding hydrogens is 344 g/mol. The summed E-state index contributed by atoms with van der Waals surface area (Å²) in [7, 11) is 0. The lowest BCUT2D eigenvalue weighted by Crippen LogP contribution is -2.64. The van der Waals surface area contributed by atoms with E-state index >= 15 is 0 Å². The van der Waals surface area contributed by atoms with Gasteiger partial charge in [-0.15, -0.1) is 0 Å². The van der Waals surface area contributed by atoms with Crippen molar-refractivity contribution in [2.45, 2.75) is 71.5 Å². The summed E-state index contributed by atoms with van der Waals surface area (Å²) in [5, 5.41) is 0. The number of fused-ring (bicyclic) bond motifs is 4. The van der Waals surface area contributed by atoms with Crippen LogP contribution in [0.5, 0.6) is 0 Å². The van der Waals surface area contributed by atoms with Crippen LogP contribution in [0.25, 0.3) is 0 Å². The van der Waals surface area contributed by atoms with Crippen LogP contribution in [0.15, 0.2) is 16.7 Å². The summed E-state index contributed by atoms with van der Waals surface area (Å²) in [6.45, 7) is 8.37. The Balaban J connectivity index is 1.69. The first kappa shape index (κ1) is 17.3. The van der Waals surface area contributed by atoms with Crippen LogP contribution in [0.3, 0.4) is 0 Å². The van der Waals surface area contributed by atoms with Crippen LogP contribution in [-0.2, 0) is 25.5 Å². The van der Waals surface area contributed by atoms with Gasteiger partial charge in [-0.1, -0.05) is 27.2 Å². The third kappa shape index (κ3) is 2.17. The highest BCUT2D eigenvalue weighted by Crippen LogP contribution is 2.67. The van der Waals surface area contributed by atoms with Crippen molar-refractivity contribution in [1.82, 2.24) is 0 Å². The van der Waals surface area contributed by atoms with Crippen molar-refractivity contribution in [3.8, 4) is 0 Å². The molecule has 146 valence electrons. The van der Waals surface area contributed by atoms with Gasteiger partial charge in [0.1, 0.15) is 18.0 Å². The number of furan rings is 1. The molecule has 1 aliphatic heterocycles. The molecule has 2 heterocycles. The van der Waals surface area contributed by atoms with E-state index < -0.39 is 0 Å². The first-order valence-corrected chi connectivity index (χ1v) is 10.2. The summed E-state index contributed by atoms with van der Waals surface area (Å²) < 4.78 is 17.6. The van der Waals surface area contributed by atoms with Gasteiger partial charge in [0.15, 0.2) is 0 Å². The Kier molecular flexibility index (Phi) is 3.46. The van der Waals surface area contributed by atoms with E-state index in [1.54, 1.807) is 6.26 Å². The zero-order valence-electron chi connectivity index (χ0n) is 16.5. The minimum Gasteiger partial charge on any atom is -0.469 e. The number of hydrogen-bond donors (Lipinski definition) is 0. The summed E-state index contributed by atoms with van der Waals surface area (Å²) in [6, 6.07) is 1.92. The molecule has 3 fully saturated rings. The fourth-order valence-electron chi connectivity index (χ4n) is 7.40. The van der Waals surface area contributed by atoms with E-state index in [0.717, 1.165) is 37.0 Å². The Hall–Kier alpha value is -1.78. The first-order chi connectivity index (χ1) is 12.7. The van der Waals surface area contributed by atoms with Gasteiger partial charge < -0.3 is 13.9 Å². The number of hydrogen-bond acceptors (Lipinski definition) is 5. The topological polar surface area (TPSA) is 65.7 Å². The molecule has 0 amide bonds. The number of carbonyl (C=O) groups is 2. The zero-order chi connectivity index (χ0) is 19.1. The summed E-state index contributed by atoms with van der Waals surface area (Å²) in [6.07, 6.45) is 5.15. The molecule has 3 aliphatic carbocycles. The fourth-order valence-corrected chi connectivity index (χ4v) is 7.40. The number of carbonyl (C=O) groups excluding carboxylic acids is 2. The maximum Gasteiger partial charge on any atom is 0.314 e. The molecule has 0 bridgehead atoms. The Bertz CT molecular complexity index is 807. The van der Waals surface area contributed by atoms with E-state index in [0.29, 0.717) is 5.92 Å². The van der Waals surface area contributed by atoms with Crippen molar-refractivity contribution in [3.63, 3.8) is 0 Å². The van der Waals surface area contributed by atoms with Crippen molar-refractivity contribution in [3.05, 3.63) is 23.7 Å². The minimum atomic E-state index is -0.369. The van der Waals surface area contributed by atoms with E-state index in [1.807, 2.05) is 6.07 Å². The van der Waals surface area contributed by atoms with Crippen LogP contribution in [0.1, 0.15) is 64.2 Å². The standard InChI is InChI=1S/C22H28O5/c1-11(23)26-18-17-16-13(22(4)8-5-7-21(2,3)19(18)22)10-14-12(6-9-25-14)15(16)20(24)27-17/h6,9,13,15-19H,5,7-8,10H2,1-4H3/t13-,15+,16-,17+,18-,19-,22+/m0/s1. The lowest BCUT2D eigenvalue weighted by atomic mass is 9.42. The van der Waals surface area contributed by atoms with E-state index in [2.05, 4.69) is 20.8 Å². The van der Waals surface area contributed by atoms with E-state index in [4.69, 9.17) is 13.9 Å². The van der Waals surface area contributed by atoms with Crippen molar-refractivity contribution < 1.29 is 23.5 Å². The first-order valence-electron chi connectivity index (χ1n) is 10.2. The smallest absolute Gasteiger partial charge is 0.314 e. The van der Waals surface area contributed by atoms with E-state index in [1.165, 1.54) is 6.92 Å². The third-order valence-electron chi connectivity index (χ3n) is 8.15. The summed E-state index contributed by atoms with van der Waals surface area (Å²) in [5.74, 6) is 0.695. The van der Waals surface area contributed by atoms with Gasteiger partial charge in [-0.25, -0.2) is 0 Å². The Morgan fingerprint density at radius 3 is 2.78 bits per heavy atom. The fraction of sp³-hybridized carbons (Fsp3) is 0.727. The lowest BCUT2D eigenvalue weighted by Gasteiger charge is -2.62. The molecule has 7 atom stereocenters. The molecule has 1 aromatic rings. The second-order valence-electron chi connectivity index (χ2n) is 9.97. The maximum atomic E-state index is 12.9. The van der Waals surface area contributed by atoms with Crippen LogP contribution in [0.4, 0.5) is 0 Å². The predicted molar refractivity (Wildman–Crippen MR) is 96.8 cm³/mol. The zero-order valence-corrected chi connectivity index (χ0v) is 16.5. The molecule has 0 unspecified atom stereocenters. The molecule has 0 N–H and O–H groups in total. The average molecular weight is 372 g/mol. The average Bonchev–Trinajstić information content (AvgIpc) is 3.15. The van der Waals surface area contributed by atoms with Gasteiger partial charge in [0, 0.05) is 30.7 Å². The van der Waals surface area contributed by atoms with Crippen molar-refractivity contribution in [1.29, 1.82) is 0 Å². The normalized spacial score (nSPS) is 43.9. The van der Waals surface area contributed by atoms with Crippen LogP contribution in [0.2, 0.25) is 0 Å². The molecule has 0 spiro atoms. The van der Waals surface area contributed by atoms with Crippen molar-refractivity contribution in [2.75, 3.05) is 0 Å². The van der Waals surface area contributed by atoms with Gasteiger partial charge in [0.05, 0.1) is 12.2 Å². The van der Waals surface area contributed by atoms with Crippen LogP contribution < -0.4 is 0 Å². The Morgan fingerprint density at radius 1 is 1.26 bits per heavy atom. The van der Waals surface area contributed by atoms with Gasteiger partial charge >= 0.3 is 11.9 Å². The molecule has 5 rings (SSSR count). The monoisotopic (exact) mass is 372 g/mol. The third-order valence-corrected chi connectivity index (χ3v) is 8.15.